The molecule has 4 aliphatic rings. The van der Waals surface area contributed by atoms with Crippen LogP contribution in [-0.2, 0) is 28.7 Å². The average Bonchev–Trinajstić information content (AvgIpc) is 3.46. The summed E-state index contributed by atoms with van der Waals surface area (Å²) in [5, 5.41) is 44.9. The number of likely N-dealkylation sites (N-methyl/N-ethyl adjacent to an activating group) is 1. The molecule has 1 saturated heterocycles. The van der Waals surface area contributed by atoms with Gasteiger partial charge in [-0.05, 0) is 62.0 Å². The Morgan fingerprint density at radius 1 is 1.19 bits per heavy atom. The molecule has 1 aromatic rings. The number of ether oxygens (including phenoxy) is 1. The van der Waals surface area contributed by atoms with Gasteiger partial charge in [0, 0.05) is 24.6 Å². The third kappa shape index (κ3) is 4.46. The predicted octanol–water partition coefficient (Wildman–Crippen LogP) is 3.16. The fraction of sp³-hybridized carbons (Fsp3) is 0.600. The molecule has 43 heavy (non-hydrogen) atoms. The number of nitrogens with two attached hydrogens (primary N) is 1. The van der Waals surface area contributed by atoms with Gasteiger partial charge in [0.15, 0.2) is 11.4 Å². The highest BCUT2D eigenvalue weighted by Gasteiger charge is 2.84. The van der Waals surface area contributed by atoms with E-state index in [4.69, 9.17) is 10.5 Å². The van der Waals surface area contributed by atoms with Crippen molar-refractivity contribution in [1.29, 1.82) is 0 Å². The predicted molar refractivity (Wildman–Crippen MR) is 148 cm³/mol. The minimum absolute atomic E-state index is 0.0841. The van der Waals surface area contributed by atoms with E-state index < -0.39 is 81.1 Å². The van der Waals surface area contributed by atoms with Crippen LogP contribution in [0, 0.1) is 17.3 Å². The zero-order valence-electron chi connectivity index (χ0n) is 25.0. The Morgan fingerprint density at radius 3 is 2.33 bits per heavy atom. The highest BCUT2D eigenvalue weighted by atomic mass is 19.4. The molecule has 236 valence electrons. The van der Waals surface area contributed by atoms with Gasteiger partial charge in [-0.2, -0.15) is 13.2 Å². The molecular formula is C30H38F3N3O7. The molecule has 5 atom stereocenters. The van der Waals surface area contributed by atoms with Crippen molar-refractivity contribution in [2.45, 2.75) is 70.7 Å². The number of phenolic OH excluding ortho intramolecular Hbond substituents is 1. The molecule has 1 unspecified atom stereocenters. The van der Waals surface area contributed by atoms with Crippen LogP contribution in [0.4, 0.5) is 13.2 Å². The molecule has 1 spiro atoms. The lowest BCUT2D eigenvalue weighted by molar-refractivity contribution is -0.139. The largest absolute Gasteiger partial charge is 0.510 e. The molecule has 6 N–H and O–H groups in total. The normalized spacial score (nSPS) is 30.3. The molecule has 1 amide bonds. The maximum atomic E-state index is 14.8. The molecule has 10 nitrogen and oxygen atoms in total. The highest BCUT2D eigenvalue weighted by Crippen LogP contribution is 2.68. The Kier molecular flexibility index (Phi) is 7.05. The van der Waals surface area contributed by atoms with E-state index in [1.54, 1.807) is 14.1 Å². The Morgan fingerprint density at radius 2 is 1.81 bits per heavy atom. The number of aliphatic hydroxyl groups excluding tert-OH is 2. The van der Waals surface area contributed by atoms with Crippen LogP contribution in [0.3, 0.4) is 0 Å². The highest BCUT2D eigenvalue weighted by molar-refractivity contribution is 6.14. The number of primary amides is 1. The number of hydrogen-bond acceptors (Lipinski definition) is 9. The van der Waals surface area contributed by atoms with Gasteiger partial charge in [0.25, 0.3) is 5.91 Å². The lowest BCUT2D eigenvalue weighted by Gasteiger charge is -2.46. The number of benzene rings is 1. The maximum Gasteiger partial charge on any atom is 0.417 e. The summed E-state index contributed by atoms with van der Waals surface area (Å²) in [6.07, 6.45) is -5.29. The molecule has 1 aliphatic heterocycles. The van der Waals surface area contributed by atoms with Crippen LogP contribution >= 0.6 is 0 Å². The fourth-order valence-electron chi connectivity index (χ4n) is 7.67. The number of fused-ring (bicyclic) bond motifs is 2. The lowest BCUT2D eigenvalue weighted by Crippen LogP contribution is -2.57. The second-order valence-electron chi connectivity index (χ2n) is 13.5. The smallest absolute Gasteiger partial charge is 0.417 e. The number of phenols is 1. The first kappa shape index (κ1) is 31.3. The molecule has 0 bridgehead atoms. The zero-order valence-corrected chi connectivity index (χ0v) is 25.0. The van der Waals surface area contributed by atoms with Crippen molar-refractivity contribution in [2.24, 2.45) is 23.0 Å². The molecular weight excluding hydrogens is 571 g/mol. The molecule has 0 aromatic heterocycles. The quantitative estimate of drug-likeness (QED) is 0.305. The van der Waals surface area contributed by atoms with Gasteiger partial charge in [0.05, 0.1) is 17.2 Å². The van der Waals surface area contributed by atoms with Gasteiger partial charge in [-0.25, -0.2) is 0 Å². The number of carbonyl (C=O) groups excluding carboxylic acids is 2. The van der Waals surface area contributed by atoms with Gasteiger partial charge in [-0.15, -0.1) is 0 Å². The van der Waals surface area contributed by atoms with E-state index in [9.17, 15) is 43.2 Å². The number of aliphatic hydroxyl groups is 3. The molecule has 1 heterocycles. The minimum Gasteiger partial charge on any atom is -0.510 e. The van der Waals surface area contributed by atoms with E-state index in [-0.39, 0.29) is 41.5 Å². The number of carbonyl (C=O) groups is 2. The van der Waals surface area contributed by atoms with Crippen molar-refractivity contribution in [2.75, 3.05) is 27.2 Å². The number of epoxide rings is 1. The van der Waals surface area contributed by atoms with Crippen molar-refractivity contribution < 1.29 is 47.9 Å². The summed E-state index contributed by atoms with van der Waals surface area (Å²) < 4.78 is 50.0. The van der Waals surface area contributed by atoms with Crippen molar-refractivity contribution in [3.05, 3.63) is 51.0 Å². The van der Waals surface area contributed by atoms with Gasteiger partial charge >= 0.3 is 6.18 Å². The van der Waals surface area contributed by atoms with Crippen LogP contribution in [0.15, 0.2) is 28.7 Å². The number of alkyl halides is 3. The summed E-state index contributed by atoms with van der Waals surface area (Å²) in [5.74, 6) is -8.67. The minimum atomic E-state index is -4.86. The van der Waals surface area contributed by atoms with Crippen LogP contribution in [0.1, 0.15) is 61.2 Å². The number of aromatic hydroxyl groups is 1. The second-order valence-corrected chi connectivity index (χ2v) is 13.5. The number of halogens is 3. The van der Waals surface area contributed by atoms with E-state index in [2.05, 4.69) is 0 Å². The number of rotatable bonds is 6. The van der Waals surface area contributed by atoms with Crippen LogP contribution < -0.4 is 5.73 Å². The molecule has 13 heteroatoms. The molecule has 0 radical (unpaired) electrons. The van der Waals surface area contributed by atoms with Crippen LogP contribution in [0.2, 0.25) is 0 Å². The summed E-state index contributed by atoms with van der Waals surface area (Å²) in [6, 6.07) is -0.0615. The number of hydrogen-bond donors (Lipinski definition) is 5. The van der Waals surface area contributed by atoms with Crippen LogP contribution in [0.5, 0.6) is 5.75 Å². The monoisotopic (exact) mass is 609 g/mol. The van der Waals surface area contributed by atoms with E-state index >= 15 is 0 Å². The first-order valence-corrected chi connectivity index (χ1v) is 14.2. The lowest BCUT2D eigenvalue weighted by atomic mass is 9.60. The summed E-state index contributed by atoms with van der Waals surface area (Å²) in [4.78, 5) is 29.6. The molecule has 0 saturated carbocycles. The van der Waals surface area contributed by atoms with Crippen molar-refractivity contribution in [1.82, 2.24) is 9.80 Å². The Hall–Kier alpha value is -3.13. The van der Waals surface area contributed by atoms with E-state index in [0.717, 1.165) is 6.07 Å². The van der Waals surface area contributed by atoms with Crippen LogP contribution in [-0.4, -0.2) is 86.5 Å². The number of ketones is 1. The van der Waals surface area contributed by atoms with Gasteiger partial charge in [-0.3, -0.25) is 19.4 Å². The number of allylic oxidation sites excluding steroid dienone is 1. The average molecular weight is 610 g/mol. The van der Waals surface area contributed by atoms with Crippen molar-refractivity contribution in [3.63, 3.8) is 0 Å². The van der Waals surface area contributed by atoms with E-state index in [0.29, 0.717) is 13.1 Å². The Labute approximate surface area is 247 Å². The summed E-state index contributed by atoms with van der Waals surface area (Å²) >= 11 is 0. The Bertz CT molecular complexity index is 1480. The number of nitrogens with zero attached hydrogens (tertiary/aromatic N) is 2. The van der Waals surface area contributed by atoms with Gasteiger partial charge in [0.2, 0.25) is 5.79 Å². The summed E-state index contributed by atoms with van der Waals surface area (Å²) in [6.45, 7) is 8.57. The molecule has 1 fully saturated rings. The van der Waals surface area contributed by atoms with Gasteiger partial charge in [0.1, 0.15) is 22.8 Å². The number of amides is 1. The standard InChI is InChI=1S/C30H38F3N3O7/c1-7-36(12-27(2,3)4)11-14-10-17(37)19-15(20(14)30(31,32)33)8-13-9-16-22(35(5)6)24(39)21(26(34)41)29(42)28(16,43-29)25(40)18(13)23(19)38/h10,13,16,22,37,39-40,42H,7-9,11-12H2,1-6H3,(H2,34,41)/t13-,16-,22-,28-,29?/m0/s1. The third-order valence-electron chi connectivity index (χ3n) is 9.14. The van der Waals surface area contributed by atoms with Crippen molar-refractivity contribution in [3.8, 4) is 5.75 Å². The second kappa shape index (κ2) is 9.68. The maximum absolute atomic E-state index is 14.8. The Balaban J connectivity index is 1.68. The topological polar surface area (TPSA) is 160 Å². The van der Waals surface area contributed by atoms with E-state index in [1.807, 2.05) is 32.6 Å². The fourth-order valence-corrected chi connectivity index (χ4v) is 7.67. The molecule has 3 aliphatic carbocycles. The van der Waals surface area contributed by atoms with Crippen molar-refractivity contribution >= 4 is 11.7 Å². The molecule has 1 aromatic carbocycles. The molecule has 5 rings (SSSR count). The summed E-state index contributed by atoms with van der Waals surface area (Å²) in [7, 11) is 3.14. The zero-order chi connectivity index (χ0) is 32.2. The first-order valence-electron chi connectivity index (χ1n) is 14.2. The third-order valence-corrected chi connectivity index (χ3v) is 9.14. The SMILES string of the molecule is CCN(Cc1cc(O)c2c(c1C(F)(F)F)C[C@H]1C[C@H]3[C@H](N(C)C)C(O)=C(C(N)=O)C4(O)O[C@]34C(O)=C1C2=O)CC(C)(C)C. The summed E-state index contributed by atoms with van der Waals surface area (Å²) in [5.41, 5.74) is 0.151. The van der Waals surface area contributed by atoms with E-state index in [1.165, 1.54) is 4.90 Å². The van der Waals surface area contributed by atoms with Gasteiger partial charge in [-0.1, -0.05) is 27.7 Å². The van der Waals surface area contributed by atoms with Gasteiger partial charge < -0.3 is 30.9 Å². The first-order chi connectivity index (χ1) is 19.7. The van der Waals surface area contributed by atoms with Crippen LogP contribution in [0.25, 0.3) is 0 Å². The number of Topliss-reactive ketones (excluding diaryl/α,β-unsaturated/α-hetero) is 1.